The fraction of sp³-hybridized carbons (Fsp3) is 0.636. The molecule has 1 aliphatic rings. The van der Waals surface area contributed by atoms with Gasteiger partial charge in [-0.15, -0.1) is 10.2 Å². The molecule has 15 heavy (non-hydrogen) atoms. The monoisotopic (exact) mass is 206 g/mol. The highest BCUT2D eigenvalue weighted by Crippen LogP contribution is 2.09. The molecule has 1 N–H and O–H groups in total. The molecule has 1 aliphatic carbocycles. The Hall–Kier alpha value is -1.16. The minimum absolute atomic E-state index is 0.562. The highest BCUT2D eigenvalue weighted by molar-refractivity contribution is 4.98. The topological polar surface area (TPSA) is 42.7 Å². The lowest BCUT2D eigenvalue weighted by molar-refractivity contribution is 0.519. The second-order valence-corrected chi connectivity index (χ2v) is 4.03. The molecule has 0 saturated carbocycles. The molecular weight excluding hydrogens is 188 g/mol. The van der Waals surface area contributed by atoms with Crippen LogP contribution in [0, 0.1) is 0 Å². The molecule has 82 valence electrons. The summed E-state index contributed by atoms with van der Waals surface area (Å²) in [6.45, 7) is 0.974. The van der Waals surface area contributed by atoms with Gasteiger partial charge in [-0.3, -0.25) is 0 Å². The van der Waals surface area contributed by atoms with E-state index < -0.39 is 0 Å². The maximum atomic E-state index is 4.05. The summed E-state index contributed by atoms with van der Waals surface area (Å²) in [6, 6.07) is 0.562. The van der Waals surface area contributed by atoms with Gasteiger partial charge >= 0.3 is 0 Å². The summed E-state index contributed by atoms with van der Waals surface area (Å²) in [5.41, 5.74) is 0. The number of allylic oxidation sites excluding steroid dienone is 1. The molecular formula is C11H18N4. The van der Waals surface area contributed by atoms with Gasteiger partial charge in [-0.25, -0.2) is 0 Å². The van der Waals surface area contributed by atoms with Crippen LogP contribution >= 0.6 is 0 Å². The van der Waals surface area contributed by atoms with Crippen LogP contribution in [-0.2, 0) is 13.5 Å². The van der Waals surface area contributed by atoms with Gasteiger partial charge in [0.2, 0.25) is 0 Å². The molecule has 0 aromatic carbocycles. The number of hydrogen-bond acceptors (Lipinski definition) is 3. The second kappa shape index (κ2) is 5.07. The second-order valence-electron chi connectivity index (χ2n) is 4.03. The van der Waals surface area contributed by atoms with Crippen LogP contribution in [-0.4, -0.2) is 27.4 Å². The maximum absolute atomic E-state index is 4.05. The summed E-state index contributed by atoms with van der Waals surface area (Å²) < 4.78 is 1.97. The highest BCUT2D eigenvalue weighted by Gasteiger charge is 2.07. The summed E-state index contributed by atoms with van der Waals surface area (Å²) >= 11 is 0. The van der Waals surface area contributed by atoms with Crippen LogP contribution < -0.4 is 5.32 Å². The van der Waals surface area contributed by atoms with Gasteiger partial charge in [-0.05, 0) is 19.3 Å². The van der Waals surface area contributed by atoms with Crippen molar-refractivity contribution in [2.24, 2.45) is 7.05 Å². The van der Waals surface area contributed by atoms with Gasteiger partial charge in [-0.2, -0.15) is 0 Å². The van der Waals surface area contributed by atoms with E-state index in [1.807, 2.05) is 11.6 Å². The van der Waals surface area contributed by atoms with Crippen LogP contribution in [0.3, 0.4) is 0 Å². The summed E-state index contributed by atoms with van der Waals surface area (Å²) in [7, 11) is 1.98. The molecule has 1 atom stereocenters. The third kappa shape index (κ3) is 2.89. The predicted octanol–water partition coefficient (Wildman–Crippen LogP) is 1.06. The fourth-order valence-corrected chi connectivity index (χ4v) is 1.89. The third-order valence-corrected chi connectivity index (χ3v) is 2.81. The average molecular weight is 206 g/mol. The van der Waals surface area contributed by atoms with Crippen molar-refractivity contribution in [2.75, 3.05) is 6.54 Å². The van der Waals surface area contributed by atoms with E-state index in [1.165, 1.54) is 19.3 Å². The van der Waals surface area contributed by atoms with Crippen LogP contribution in [0.5, 0.6) is 0 Å². The predicted molar refractivity (Wildman–Crippen MR) is 59.5 cm³/mol. The van der Waals surface area contributed by atoms with Crippen molar-refractivity contribution < 1.29 is 0 Å². The van der Waals surface area contributed by atoms with E-state index >= 15 is 0 Å². The Kier molecular flexibility index (Phi) is 3.50. The quantitative estimate of drug-likeness (QED) is 0.749. The molecule has 2 rings (SSSR count). The SMILES string of the molecule is Cn1cnnc1CCNC1C=CCCC1. The largest absolute Gasteiger partial charge is 0.321 e. The van der Waals surface area contributed by atoms with E-state index in [2.05, 4.69) is 27.7 Å². The molecule has 0 aliphatic heterocycles. The summed E-state index contributed by atoms with van der Waals surface area (Å²) in [5.74, 6) is 1.04. The highest BCUT2D eigenvalue weighted by atomic mass is 15.2. The van der Waals surface area contributed by atoms with Gasteiger partial charge in [0.05, 0.1) is 0 Å². The number of hydrogen-bond donors (Lipinski definition) is 1. The first kappa shape index (κ1) is 10.4. The van der Waals surface area contributed by atoms with Crippen LogP contribution in [0.25, 0.3) is 0 Å². The van der Waals surface area contributed by atoms with Crippen LogP contribution in [0.4, 0.5) is 0 Å². The molecule has 0 spiro atoms. The van der Waals surface area contributed by atoms with Gasteiger partial charge in [0, 0.05) is 26.1 Å². The fourth-order valence-electron chi connectivity index (χ4n) is 1.89. The van der Waals surface area contributed by atoms with Crippen molar-refractivity contribution in [3.63, 3.8) is 0 Å². The minimum Gasteiger partial charge on any atom is -0.321 e. The molecule has 4 heteroatoms. The number of aryl methyl sites for hydroxylation is 1. The maximum Gasteiger partial charge on any atom is 0.133 e. The zero-order valence-electron chi connectivity index (χ0n) is 9.19. The third-order valence-electron chi connectivity index (χ3n) is 2.81. The standard InChI is InChI=1S/C11H18N4/c1-15-9-13-14-11(15)7-8-12-10-5-3-2-4-6-10/h3,5,9-10,12H,2,4,6-8H2,1H3. The van der Waals surface area contributed by atoms with Gasteiger partial charge in [0.1, 0.15) is 12.2 Å². The molecule has 0 amide bonds. The summed E-state index contributed by atoms with van der Waals surface area (Å²) in [5, 5.41) is 11.4. The van der Waals surface area contributed by atoms with E-state index in [9.17, 15) is 0 Å². The van der Waals surface area contributed by atoms with Crippen molar-refractivity contribution in [2.45, 2.75) is 31.7 Å². The Morgan fingerprint density at radius 2 is 2.53 bits per heavy atom. The van der Waals surface area contributed by atoms with Gasteiger partial charge in [0.15, 0.2) is 0 Å². The Bertz CT molecular complexity index is 329. The van der Waals surface area contributed by atoms with E-state index in [0.717, 1.165) is 18.8 Å². The molecule has 4 nitrogen and oxygen atoms in total. The Morgan fingerprint density at radius 1 is 1.60 bits per heavy atom. The summed E-state index contributed by atoms with van der Waals surface area (Å²) in [4.78, 5) is 0. The number of nitrogens with zero attached hydrogens (tertiary/aromatic N) is 3. The van der Waals surface area contributed by atoms with Crippen molar-refractivity contribution in [1.29, 1.82) is 0 Å². The number of aromatic nitrogens is 3. The van der Waals surface area contributed by atoms with Crippen molar-refractivity contribution >= 4 is 0 Å². The van der Waals surface area contributed by atoms with E-state index in [-0.39, 0.29) is 0 Å². The average Bonchev–Trinajstić information content (AvgIpc) is 2.66. The van der Waals surface area contributed by atoms with E-state index in [0.29, 0.717) is 6.04 Å². The molecule has 1 aromatic heterocycles. The normalized spacial score (nSPS) is 20.7. The smallest absolute Gasteiger partial charge is 0.133 e. The number of rotatable bonds is 4. The van der Waals surface area contributed by atoms with Gasteiger partial charge in [-0.1, -0.05) is 12.2 Å². The zero-order chi connectivity index (χ0) is 10.5. The van der Waals surface area contributed by atoms with Crippen molar-refractivity contribution in [1.82, 2.24) is 20.1 Å². The molecule has 1 aromatic rings. The van der Waals surface area contributed by atoms with E-state index in [4.69, 9.17) is 0 Å². The summed E-state index contributed by atoms with van der Waals surface area (Å²) in [6.07, 6.45) is 11.0. The van der Waals surface area contributed by atoms with Crippen LogP contribution in [0.15, 0.2) is 18.5 Å². The van der Waals surface area contributed by atoms with Crippen molar-refractivity contribution in [3.05, 3.63) is 24.3 Å². The van der Waals surface area contributed by atoms with Crippen LogP contribution in [0.2, 0.25) is 0 Å². The van der Waals surface area contributed by atoms with Crippen molar-refractivity contribution in [3.8, 4) is 0 Å². The lowest BCUT2D eigenvalue weighted by Gasteiger charge is -2.17. The first-order valence-corrected chi connectivity index (χ1v) is 5.59. The van der Waals surface area contributed by atoms with E-state index in [1.54, 1.807) is 6.33 Å². The Labute approximate surface area is 90.4 Å². The molecule has 0 fully saturated rings. The van der Waals surface area contributed by atoms with Gasteiger partial charge in [0.25, 0.3) is 0 Å². The molecule has 1 unspecified atom stereocenters. The lowest BCUT2D eigenvalue weighted by Crippen LogP contribution is -2.30. The number of nitrogens with one attached hydrogen (secondary N) is 1. The Balaban J connectivity index is 1.73. The molecule has 0 radical (unpaired) electrons. The van der Waals surface area contributed by atoms with Gasteiger partial charge < -0.3 is 9.88 Å². The molecule has 0 saturated heterocycles. The lowest BCUT2D eigenvalue weighted by atomic mass is 10.0. The zero-order valence-corrected chi connectivity index (χ0v) is 9.19. The first-order valence-electron chi connectivity index (χ1n) is 5.59. The molecule has 1 heterocycles. The molecule has 0 bridgehead atoms. The Morgan fingerprint density at radius 3 is 3.20 bits per heavy atom. The van der Waals surface area contributed by atoms with Crippen LogP contribution in [0.1, 0.15) is 25.1 Å². The minimum atomic E-state index is 0.562. The first-order chi connectivity index (χ1) is 7.36.